The number of nitrogens with one attached hydrogen (secondary N) is 1. The summed E-state index contributed by atoms with van der Waals surface area (Å²) in [5.74, 6) is -0.460. The summed E-state index contributed by atoms with van der Waals surface area (Å²) >= 11 is 0. The van der Waals surface area contributed by atoms with Crippen molar-refractivity contribution < 1.29 is 28.6 Å². The molecule has 0 spiro atoms. The van der Waals surface area contributed by atoms with Crippen molar-refractivity contribution in [1.82, 2.24) is 0 Å². The summed E-state index contributed by atoms with van der Waals surface area (Å²) < 4.78 is 15.3. The maximum atomic E-state index is 12.3. The molecular formula is C21H22N2O6. The zero-order valence-electron chi connectivity index (χ0n) is 16.2. The van der Waals surface area contributed by atoms with E-state index in [0.29, 0.717) is 22.9 Å². The smallest absolute Gasteiger partial charge is 0.311 e. The molecule has 1 N–H and O–H groups in total. The predicted octanol–water partition coefficient (Wildman–Crippen LogP) is 2.24. The first kappa shape index (κ1) is 20.2. The molecule has 1 saturated heterocycles. The maximum absolute atomic E-state index is 12.3. The summed E-state index contributed by atoms with van der Waals surface area (Å²) in [6.45, 7) is -0.206. The van der Waals surface area contributed by atoms with Crippen molar-refractivity contribution in [3.8, 4) is 11.5 Å². The molecule has 0 saturated carbocycles. The second-order valence-electron chi connectivity index (χ2n) is 6.49. The third kappa shape index (κ3) is 5.04. The van der Waals surface area contributed by atoms with Crippen LogP contribution in [-0.2, 0) is 19.1 Å². The van der Waals surface area contributed by atoms with Gasteiger partial charge in [0.25, 0.3) is 5.91 Å². The molecule has 0 aromatic heterocycles. The fourth-order valence-electron chi connectivity index (χ4n) is 3.00. The molecule has 0 bridgehead atoms. The number of nitrogens with zero attached hydrogens (tertiary/aromatic N) is 1. The molecule has 0 aliphatic carbocycles. The van der Waals surface area contributed by atoms with Gasteiger partial charge in [-0.3, -0.25) is 14.4 Å². The molecule has 2 aromatic carbocycles. The van der Waals surface area contributed by atoms with Crippen LogP contribution in [0.2, 0.25) is 0 Å². The highest BCUT2D eigenvalue weighted by atomic mass is 16.5. The van der Waals surface area contributed by atoms with Gasteiger partial charge >= 0.3 is 5.97 Å². The zero-order chi connectivity index (χ0) is 20.8. The van der Waals surface area contributed by atoms with Crippen LogP contribution in [0.5, 0.6) is 11.5 Å². The van der Waals surface area contributed by atoms with Crippen LogP contribution in [0.4, 0.5) is 11.4 Å². The Kier molecular flexibility index (Phi) is 6.33. The van der Waals surface area contributed by atoms with Gasteiger partial charge in [-0.15, -0.1) is 0 Å². The number of ether oxygens (including phenoxy) is 3. The SMILES string of the molecule is COc1ccc(NC(=O)COC(=O)[C@H]2CC(=O)N(c3ccc(OC)cc3)C2)cc1. The number of amides is 2. The number of esters is 1. The van der Waals surface area contributed by atoms with Gasteiger partial charge in [-0.25, -0.2) is 0 Å². The van der Waals surface area contributed by atoms with Gasteiger partial charge in [-0.2, -0.15) is 0 Å². The fraction of sp³-hybridized carbons (Fsp3) is 0.286. The van der Waals surface area contributed by atoms with Crippen LogP contribution in [0.3, 0.4) is 0 Å². The Morgan fingerprint density at radius 3 is 2.17 bits per heavy atom. The Labute approximate surface area is 168 Å². The molecule has 0 unspecified atom stereocenters. The number of rotatable bonds is 7. The minimum atomic E-state index is -0.613. The van der Waals surface area contributed by atoms with Gasteiger partial charge in [-0.1, -0.05) is 0 Å². The molecule has 8 nitrogen and oxygen atoms in total. The lowest BCUT2D eigenvalue weighted by molar-refractivity contribution is -0.151. The maximum Gasteiger partial charge on any atom is 0.311 e. The lowest BCUT2D eigenvalue weighted by atomic mass is 10.1. The summed E-state index contributed by atoms with van der Waals surface area (Å²) in [4.78, 5) is 38.1. The lowest BCUT2D eigenvalue weighted by Gasteiger charge is -2.16. The Morgan fingerprint density at radius 1 is 1.00 bits per heavy atom. The van der Waals surface area contributed by atoms with Crippen LogP contribution in [0.25, 0.3) is 0 Å². The highest BCUT2D eigenvalue weighted by Crippen LogP contribution is 2.27. The number of carbonyl (C=O) groups is 3. The molecule has 2 amide bonds. The van der Waals surface area contributed by atoms with Crippen molar-refractivity contribution in [2.75, 3.05) is 37.6 Å². The summed E-state index contributed by atoms with van der Waals surface area (Å²) in [7, 11) is 3.11. The molecule has 1 aliphatic heterocycles. The van der Waals surface area contributed by atoms with Gasteiger partial charge in [0.15, 0.2) is 6.61 Å². The number of methoxy groups -OCH3 is 2. The number of anilines is 2. The van der Waals surface area contributed by atoms with Crippen molar-refractivity contribution in [2.45, 2.75) is 6.42 Å². The number of hydrogen-bond acceptors (Lipinski definition) is 6. The molecule has 2 aromatic rings. The molecule has 29 heavy (non-hydrogen) atoms. The molecule has 1 atom stereocenters. The highest BCUT2D eigenvalue weighted by molar-refractivity contribution is 6.00. The molecular weight excluding hydrogens is 376 g/mol. The number of benzene rings is 2. The molecule has 1 aliphatic rings. The first-order valence-electron chi connectivity index (χ1n) is 9.05. The zero-order valence-corrected chi connectivity index (χ0v) is 16.2. The van der Waals surface area contributed by atoms with E-state index in [1.807, 2.05) is 0 Å². The van der Waals surface area contributed by atoms with Gasteiger partial charge in [0.05, 0.1) is 20.1 Å². The van der Waals surface area contributed by atoms with Crippen LogP contribution in [0.1, 0.15) is 6.42 Å². The molecule has 152 valence electrons. The van der Waals surface area contributed by atoms with E-state index in [-0.39, 0.29) is 18.9 Å². The lowest BCUT2D eigenvalue weighted by Crippen LogP contribution is -2.28. The van der Waals surface area contributed by atoms with Crippen LogP contribution >= 0.6 is 0 Å². The van der Waals surface area contributed by atoms with Gasteiger partial charge in [0.2, 0.25) is 5.91 Å². The number of carbonyl (C=O) groups excluding carboxylic acids is 3. The van der Waals surface area contributed by atoms with Crippen molar-refractivity contribution in [1.29, 1.82) is 0 Å². The van der Waals surface area contributed by atoms with E-state index < -0.39 is 24.4 Å². The topological polar surface area (TPSA) is 94.2 Å². The van der Waals surface area contributed by atoms with Crippen LogP contribution < -0.4 is 19.7 Å². The summed E-state index contributed by atoms with van der Waals surface area (Å²) in [6.07, 6.45) is 0.0466. The Hall–Kier alpha value is -3.55. The van der Waals surface area contributed by atoms with Gasteiger partial charge < -0.3 is 24.4 Å². The van der Waals surface area contributed by atoms with E-state index >= 15 is 0 Å². The van der Waals surface area contributed by atoms with E-state index in [1.165, 1.54) is 4.90 Å². The fourth-order valence-corrected chi connectivity index (χ4v) is 3.00. The largest absolute Gasteiger partial charge is 0.497 e. The predicted molar refractivity (Wildman–Crippen MR) is 106 cm³/mol. The Bertz CT molecular complexity index is 879. The standard InChI is InChI=1S/C21H22N2O6/c1-27-17-7-3-15(4-8-17)22-19(24)13-29-21(26)14-11-20(25)23(12-14)16-5-9-18(28-2)10-6-16/h3-10,14H,11-13H2,1-2H3,(H,22,24)/t14-/m0/s1. The quantitative estimate of drug-likeness (QED) is 0.719. The second-order valence-corrected chi connectivity index (χ2v) is 6.49. The van der Waals surface area contributed by atoms with Crippen LogP contribution in [0, 0.1) is 5.92 Å². The van der Waals surface area contributed by atoms with Crippen molar-refractivity contribution in [3.05, 3.63) is 48.5 Å². The normalized spacial score (nSPS) is 15.7. The Morgan fingerprint density at radius 2 is 1.59 bits per heavy atom. The summed E-state index contributed by atoms with van der Waals surface area (Å²) in [5, 5.41) is 2.63. The van der Waals surface area contributed by atoms with Gasteiger partial charge in [0, 0.05) is 24.3 Å². The van der Waals surface area contributed by atoms with Crippen LogP contribution in [-0.4, -0.2) is 45.2 Å². The monoisotopic (exact) mass is 398 g/mol. The third-order valence-electron chi connectivity index (χ3n) is 4.56. The van der Waals surface area contributed by atoms with E-state index in [2.05, 4.69) is 5.32 Å². The average molecular weight is 398 g/mol. The minimum absolute atomic E-state index is 0.0466. The molecule has 8 heteroatoms. The van der Waals surface area contributed by atoms with Crippen molar-refractivity contribution in [2.24, 2.45) is 5.92 Å². The van der Waals surface area contributed by atoms with Crippen LogP contribution in [0.15, 0.2) is 48.5 Å². The molecule has 0 radical (unpaired) electrons. The van der Waals surface area contributed by atoms with E-state index in [4.69, 9.17) is 14.2 Å². The van der Waals surface area contributed by atoms with E-state index in [0.717, 1.165) is 0 Å². The summed E-state index contributed by atoms with van der Waals surface area (Å²) in [6, 6.07) is 13.8. The van der Waals surface area contributed by atoms with Gasteiger partial charge in [-0.05, 0) is 48.5 Å². The van der Waals surface area contributed by atoms with Gasteiger partial charge in [0.1, 0.15) is 11.5 Å². The second kappa shape index (κ2) is 9.09. The first-order chi connectivity index (χ1) is 14.0. The van der Waals surface area contributed by atoms with E-state index in [1.54, 1.807) is 62.8 Å². The molecule has 3 rings (SSSR count). The summed E-state index contributed by atoms with van der Waals surface area (Å²) in [5.41, 5.74) is 1.25. The number of hydrogen-bond donors (Lipinski definition) is 1. The highest BCUT2D eigenvalue weighted by Gasteiger charge is 2.36. The first-order valence-corrected chi connectivity index (χ1v) is 9.05. The van der Waals surface area contributed by atoms with Crippen molar-refractivity contribution >= 4 is 29.2 Å². The van der Waals surface area contributed by atoms with Crippen molar-refractivity contribution in [3.63, 3.8) is 0 Å². The average Bonchev–Trinajstić information content (AvgIpc) is 3.14. The molecule has 1 fully saturated rings. The minimum Gasteiger partial charge on any atom is -0.497 e. The van der Waals surface area contributed by atoms with E-state index in [9.17, 15) is 14.4 Å². The molecule has 1 heterocycles. The third-order valence-corrected chi connectivity index (χ3v) is 4.56. The Balaban J connectivity index is 1.50.